The summed E-state index contributed by atoms with van der Waals surface area (Å²) in [6.07, 6.45) is 3.79. The highest BCUT2D eigenvalue weighted by atomic mass is 14.8. The SMILES string of the molecule is CCCCc1ccccc1CNCC. The van der Waals surface area contributed by atoms with Gasteiger partial charge in [0, 0.05) is 6.54 Å². The number of unbranched alkanes of at least 4 members (excludes halogenated alkanes) is 1. The van der Waals surface area contributed by atoms with E-state index in [2.05, 4.69) is 43.4 Å². The summed E-state index contributed by atoms with van der Waals surface area (Å²) in [5.74, 6) is 0. The first-order valence-electron chi connectivity index (χ1n) is 5.66. The summed E-state index contributed by atoms with van der Waals surface area (Å²) in [6.45, 7) is 6.44. The largest absolute Gasteiger partial charge is 0.313 e. The van der Waals surface area contributed by atoms with Gasteiger partial charge in [0.1, 0.15) is 0 Å². The first kappa shape index (κ1) is 11.3. The Balaban J connectivity index is 2.60. The molecule has 1 nitrogen and oxygen atoms in total. The minimum absolute atomic E-state index is 1.01. The maximum absolute atomic E-state index is 3.38. The summed E-state index contributed by atoms with van der Waals surface area (Å²) >= 11 is 0. The second-order valence-corrected chi connectivity index (χ2v) is 3.65. The van der Waals surface area contributed by atoms with E-state index in [0.29, 0.717) is 0 Å². The zero-order valence-electron chi connectivity index (χ0n) is 9.34. The van der Waals surface area contributed by atoms with Crippen LogP contribution in [-0.4, -0.2) is 6.54 Å². The quantitative estimate of drug-likeness (QED) is 0.728. The topological polar surface area (TPSA) is 12.0 Å². The van der Waals surface area contributed by atoms with Crippen molar-refractivity contribution < 1.29 is 0 Å². The van der Waals surface area contributed by atoms with Crippen LogP contribution in [0.15, 0.2) is 24.3 Å². The van der Waals surface area contributed by atoms with E-state index >= 15 is 0 Å². The summed E-state index contributed by atoms with van der Waals surface area (Å²) in [6, 6.07) is 8.75. The molecule has 1 N–H and O–H groups in total. The molecule has 0 aliphatic rings. The molecule has 1 heteroatoms. The molecule has 0 unspecified atom stereocenters. The van der Waals surface area contributed by atoms with Crippen LogP contribution in [0.5, 0.6) is 0 Å². The molecule has 0 spiro atoms. The monoisotopic (exact) mass is 191 g/mol. The highest BCUT2D eigenvalue weighted by molar-refractivity contribution is 5.27. The van der Waals surface area contributed by atoms with Crippen LogP contribution in [0.25, 0.3) is 0 Å². The lowest BCUT2D eigenvalue weighted by Crippen LogP contribution is -2.13. The molecule has 78 valence electrons. The Labute approximate surface area is 87.5 Å². The molecule has 0 bridgehead atoms. The summed E-state index contributed by atoms with van der Waals surface area (Å²) < 4.78 is 0. The average Bonchev–Trinajstić information content (AvgIpc) is 2.24. The molecular formula is C13H21N. The van der Waals surface area contributed by atoms with Crippen molar-refractivity contribution in [1.29, 1.82) is 0 Å². The summed E-state index contributed by atoms with van der Waals surface area (Å²) in [4.78, 5) is 0. The second-order valence-electron chi connectivity index (χ2n) is 3.65. The number of nitrogens with one attached hydrogen (secondary N) is 1. The van der Waals surface area contributed by atoms with Crippen molar-refractivity contribution in [3.8, 4) is 0 Å². The molecule has 0 saturated carbocycles. The third kappa shape index (κ3) is 3.51. The minimum atomic E-state index is 1.01. The lowest BCUT2D eigenvalue weighted by Gasteiger charge is -2.08. The zero-order chi connectivity index (χ0) is 10.2. The lowest BCUT2D eigenvalue weighted by atomic mass is 10.0. The predicted octanol–water partition coefficient (Wildman–Crippen LogP) is 3.14. The van der Waals surface area contributed by atoms with E-state index in [-0.39, 0.29) is 0 Å². The van der Waals surface area contributed by atoms with E-state index in [1.165, 1.54) is 30.4 Å². The third-order valence-corrected chi connectivity index (χ3v) is 2.48. The molecule has 1 rings (SSSR count). The van der Waals surface area contributed by atoms with E-state index < -0.39 is 0 Å². The Morgan fingerprint density at radius 2 is 1.79 bits per heavy atom. The molecule has 1 aromatic carbocycles. The Kier molecular flexibility index (Phi) is 5.31. The number of hydrogen-bond donors (Lipinski definition) is 1. The van der Waals surface area contributed by atoms with Gasteiger partial charge in [-0.05, 0) is 30.5 Å². The van der Waals surface area contributed by atoms with Crippen LogP contribution in [0.1, 0.15) is 37.8 Å². The van der Waals surface area contributed by atoms with Gasteiger partial charge in [-0.25, -0.2) is 0 Å². The Hall–Kier alpha value is -0.820. The number of aryl methyl sites for hydroxylation is 1. The van der Waals surface area contributed by atoms with Gasteiger partial charge in [0.05, 0.1) is 0 Å². The molecule has 0 heterocycles. The fourth-order valence-corrected chi connectivity index (χ4v) is 1.60. The molecule has 0 atom stereocenters. The highest BCUT2D eigenvalue weighted by Gasteiger charge is 1.99. The first-order valence-corrected chi connectivity index (χ1v) is 5.66. The Morgan fingerprint density at radius 1 is 1.07 bits per heavy atom. The molecule has 0 aromatic heterocycles. The van der Waals surface area contributed by atoms with Gasteiger partial charge in [-0.3, -0.25) is 0 Å². The molecule has 0 radical (unpaired) electrons. The summed E-state index contributed by atoms with van der Waals surface area (Å²) in [7, 11) is 0. The standard InChI is InChI=1S/C13H21N/c1-3-5-8-12-9-6-7-10-13(12)11-14-4-2/h6-7,9-10,14H,3-5,8,11H2,1-2H3. The van der Waals surface area contributed by atoms with Gasteiger partial charge in [-0.1, -0.05) is 44.5 Å². The van der Waals surface area contributed by atoms with Gasteiger partial charge in [-0.15, -0.1) is 0 Å². The van der Waals surface area contributed by atoms with E-state index in [9.17, 15) is 0 Å². The van der Waals surface area contributed by atoms with Crippen LogP contribution in [0, 0.1) is 0 Å². The molecule has 0 saturated heterocycles. The summed E-state index contributed by atoms with van der Waals surface area (Å²) in [5.41, 5.74) is 2.97. The smallest absolute Gasteiger partial charge is 0.0208 e. The van der Waals surface area contributed by atoms with Crippen molar-refractivity contribution in [3.05, 3.63) is 35.4 Å². The highest BCUT2D eigenvalue weighted by Crippen LogP contribution is 2.11. The number of hydrogen-bond acceptors (Lipinski definition) is 1. The first-order chi connectivity index (χ1) is 6.88. The van der Waals surface area contributed by atoms with E-state index in [4.69, 9.17) is 0 Å². The lowest BCUT2D eigenvalue weighted by molar-refractivity contribution is 0.710. The van der Waals surface area contributed by atoms with E-state index in [1.807, 2.05) is 0 Å². The Bertz CT molecular complexity index is 228. The van der Waals surface area contributed by atoms with Crippen LogP contribution < -0.4 is 5.32 Å². The molecule has 1 aromatic rings. The van der Waals surface area contributed by atoms with Crippen molar-refractivity contribution in [3.63, 3.8) is 0 Å². The third-order valence-electron chi connectivity index (χ3n) is 2.48. The molecule has 0 aliphatic heterocycles. The van der Waals surface area contributed by atoms with Crippen molar-refractivity contribution in [2.75, 3.05) is 6.54 Å². The molecule has 0 fully saturated rings. The Morgan fingerprint density at radius 3 is 2.43 bits per heavy atom. The second kappa shape index (κ2) is 6.61. The van der Waals surface area contributed by atoms with Crippen molar-refractivity contribution in [2.24, 2.45) is 0 Å². The fourth-order valence-electron chi connectivity index (χ4n) is 1.60. The van der Waals surface area contributed by atoms with Gasteiger partial charge in [0.15, 0.2) is 0 Å². The van der Waals surface area contributed by atoms with Crippen LogP contribution >= 0.6 is 0 Å². The van der Waals surface area contributed by atoms with Crippen molar-refractivity contribution in [2.45, 2.75) is 39.7 Å². The average molecular weight is 191 g/mol. The van der Waals surface area contributed by atoms with Crippen LogP contribution in [-0.2, 0) is 13.0 Å². The number of benzene rings is 1. The van der Waals surface area contributed by atoms with Gasteiger partial charge < -0.3 is 5.32 Å². The molecule has 0 amide bonds. The van der Waals surface area contributed by atoms with Gasteiger partial charge >= 0.3 is 0 Å². The predicted molar refractivity (Wildman–Crippen MR) is 62.4 cm³/mol. The van der Waals surface area contributed by atoms with Gasteiger partial charge in [0.2, 0.25) is 0 Å². The van der Waals surface area contributed by atoms with Crippen LogP contribution in [0.2, 0.25) is 0 Å². The molecule has 14 heavy (non-hydrogen) atoms. The van der Waals surface area contributed by atoms with Crippen LogP contribution in [0.4, 0.5) is 0 Å². The summed E-state index contributed by atoms with van der Waals surface area (Å²) in [5, 5.41) is 3.38. The van der Waals surface area contributed by atoms with E-state index in [0.717, 1.165) is 13.1 Å². The molecular weight excluding hydrogens is 170 g/mol. The fraction of sp³-hybridized carbons (Fsp3) is 0.538. The van der Waals surface area contributed by atoms with Crippen molar-refractivity contribution in [1.82, 2.24) is 5.32 Å². The van der Waals surface area contributed by atoms with E-state index in [1.54, 1.807) is 0 Å². The van der Waals surface area contributed by atoms with Gasteiger partial charge in [0.25, 0.3) is 0 Å². The number of rotatable bonds is 6. The maximum atomic E-state index is 3.38. The minimum Gasteiger partial charge on any atom is -0.313 e. The molecule has 0 aliphatic carbocycles. The maximum Gasteiger partial charge on any atom is 0.0208 e. The zero-order valence-corrected chi connectivity index (χ0v) is 9.34. The van der Waals surface area contributed by atoms with Crippen LogP contribution in [0.3, 0.4) is 0 Å². The van der Waals surface area contributed by atoms with Gasteiger partial charge in [-0.2, -0.15) is 0 Å². The van der Waals surface area contributed by atoms with Crippen molar-refractivity contribution >= 4 is 0 Å². The normalized spacial score (nSPS) is 10.4.